The summed E-state index contributed by atoms with van der Waals surface area (Å²) in [5, 5.41) is 0. The van der Waals surface area contributed by atoms with Crippen LogP contribution >= 0.6 is 9.24 Å². The van der Waals surface area contributed by atoms with Crippen LogP contribution in [0.2, 0.25) is 0 Å². The number of carbonyl (C=O) groups is 1. The van der Waals surface area contributed by atoms with Crippen molar-refractivity contribution in [3.8, 4) is 0 Å². The molecule has 0 amide bonds. The molecular weight excluding hydrogens is 277 g/mol. The van der Waals surface area contributed by atoms with E-state index < -0.39 is 5.66 Å². The largest absolute Gasteiger partial charge is 0.294 e. The summed E-state index contributed by atoms with van der Waals surface area (Å²) in [6.45, 7) is 1.50. The lowest BCUT2D eigenvalue weighted by atomic mass is 9.94. The number of hydrogen-bond donors (Lipinski definition) is 0. The van der Waals surface area contributed by atoms with Crippen molar-refractivity contribution in [2.24, 2.45) is 0 Å². The number of allylic oxidation sites excluding steroid dienone is 6. The Bertz CT molecular complexity index is 604. The van der Waals surface area contributed by atoms with E-state index in [1.807, 2.05) is 18.2 Å². The van der Waals surface area contributed by atoms with Crippen molar-refractivity contribution in [2.75, 3.05) is 0 Å². The van der Waals surface area contributed by atoms with Gasteiger partial charge in [0.05, 0.1) is 0 Å². The van der Waals surface area contributed by atoms with Crippen LogP contribution in [0.3, 0.4) is 0 Å². The lowest BCUT2D eigenvalue weighted by molar-refractivity contribution is -0.113. The van der Waals surface area contributed by atoms with Crippen LogP contribution in [0.1, 0.15) is 24.5 Å². The number of benzene rings is 1. The summed E-state index contributed by atoms with van der Waals surface area (Å²) in [5.41, 5.74) is -0.831. The summed E-state index contributed by atoms with van der Waals surface area (Å²) in [7, 11) is 1.52. The maximum absolute atomic E-state index is 13.2. The standard InChI is InChI=1S/C16H15F2OP/c1-11(19)14-5-3-2-4-6-15(14)12-7-9-13(10-8-12)16(17,18)20/h2-3,5-10H,4,20H2,1H3. The molecule has 2 rings (SSSR count). The first-order valence-corrected chi connectivity index (χ1v) is 6.83. The van der Waals surface area contributed by atoms with Crippen LogP contribution in [0.25, 0.3) is 5.57 Å². The van der Waals surface area contributed by atoms with Gasteiger partial charge < -0.3 is 0 Å². The van der Waals surface area contributed by atoms with E-state index in [9.17, 15) is 13.6 Å². The number of Topliss-reactive ketones (excluding diaryl/α,β-unsaturated/α-hetero) is 1. The summed E-state index contributed by atoms with van der Waals surface area (Å²) >= 11 is 0. The lowest BCUT2D eigenvalue weighted by Gasteiger charge is -2.13. The second-order valence-electron chi connectivity index (χ2n) is 4.62. The van der Waals surface area contributed by atoms with E-state index in [1.165, 1.54) is 28.3 Å². The molecule has 4 heteroatoms. The molecule has 0 fully saturated rings. The number of hydrogen-bond acceptors (Lipinski definition) is 1. The number of rotatable bonds is 3. The molecule has 0 N–H and O–H groups in total. The predicted molar refractivity (Wildman–Crippen MR) is 80.5 cm³/mol. The average Bonchev–Trinajstić information content (AvgIpc) is 2.63. The molecule has 1 aromatic rings. The molecule has 0 bridgehead atoms. The third kappa shape index (κ3) is 3.29. The van der Waals surface area contributed by atoms with Crippen LogP contribution in [0, 0.1) is 0 Å². The monoisotopic (exact) mass is 292 g/mol. The van der Waals surface area contributed by atoms with Gasteiger partial charge in [-0.05, 0) is 24.5 Å². The van der Waals surface area contributed by atoms with Gasteiger partial charge in [0.1, 0.15) is 0 Å². The maximum Gasteiger partial charge on any atom is 0.283 e. The first-order chi connectivity index (χ1) is 9.39. The van der Waals surface area contributed by atoms with E-state index >= 15 is 0 Å². The Kier molecular flexibility index (Phi) is 4.29. The highest BCUT2D eigenvalue weighted by Gasteiger charge is 2.24. The quantitative estimate of drug-likeness (QED) is 0.751. The first-order valence-electron chi connectivity index (χ1n) is 6.25. The van der Waals surface area contributed by atoms with Crippen molar-refractivity contribution < 1.29 is 13.6 Å². The van der Waals surface area contributed by atoms with E-state index in [4.69, 9.17) is 0 Å². The molecule has 0 saturated carbocycles. The van der Waals surface area contributed by atoms with Crippen LogP contribution in [0.15, 0.2) is 54.1 Å². The number of halogens is 2. The van der Waals surface area contributed by atoms with Gasteiger partial charge >= 0.3 is 0 Å². The topological polar surface area (TPSA) is 17.1 Å². The summed E-state index contributed by atoms with van der Waals surface area (Å²) in [5.74, 6) is -0.0387. The number of ketones is 1. The highest BCUT2D eigenvalue weighted by Crippen LogP contribution is 2.36. The Balaban J connectivity index is 2.40. The minimum atomic E-state index is -2.93. The van der Waals surface area contributed by atoms with Gasteiger partial charge in [-0.3, -0.25) is 4.79 Å². The molecule has 0 heterocycles. The van der Waals surface area contributed by atoms with Gasteiger partial charge in [-0.15, -0.1) is 0 Å². The lowest BCUT2D eigenvalue weighted by Crippen LogP contribution is -2.03. The molecule has 0 aliphatic heterocycles. The van der Waals surface area contributed by atoms with Gasteiger partial charge in [0.2, 0.25) is 0 Å². The number of carbonyl (C=O) groups excluding carboxylic acids is 1. The molecule has 1 aliphatic rings. The smallest absolute Gasteiger partial charge is 0.283 e. The highest BCUT2D eigenvalue weighted by atomic mass is 31.0. The van der Waals surface area contributed by atoms with Crippen molar-refractivity contribution in [3.05, 3.63) is 65.3 Å². The zero-order chi connectivity index (χ0) is 14.8. The minimum Gasteiger partial charge on any atom is -0.294 e. The molecule has 0 spiro atoms. The van der Waals surface area contributed by atoms with Crippen molar-refractivity contribution in [1.29, 1.82) is 0 Å². The highest BCUT2D eigenvalue weighted by molar-refractivity contribution is 7.17. The summed E-state index contributed by atoms with van der Waals surface area (Å²) in [4.78, 5) is 11.7. The van der Waals surface area contributed by atoms with Gasteiger partial charge in [-0.2, -0.15) is 8.78 Å². The number of alkyl halides is 2. The van der Waals surface area contributed by atoms with Gasteiger partial charge in [-0.1, -0.05) is 57.8 Å². The van der Waals surface area contributed by atoms with Gasteiger partial charge in [0.25, 0.3) is 5.66 Å². The molecule has 1 aromatic carbocycles. The van der Waals surface area contributed by atoms with E-state index in [2.05, 4.69) is 0 Å². The van der Waals surface area contributed by atoms with Crippen LogP contribution in [0.5, 0.6) is 0 Å². The van der Waals surface area contributed by atoms with Crippen molar-refractivity contribution >= 4 is 20.6 Å². The van der Waals surface area contributed by atoms with Crippen molar-refractivity contribution in [1.82, 2.24) is 0 Å². The fraction of sp³-hybridized carbons (Fsp3) is 0.188. The summed E-state index contributed by atoms with van der Waals surface area (Å²) in [6, 6.07) is 6.03. The third-order valence-electron chi connectivity index (χ3n) is 3.11. The second kappa shape index (κ2) is 5.80. The molecule has 1 atom stereocenters. The van der Waals surface area contributed by atoms with E-state index in [0.29, 0.717) is 12.0 Å². The normalized spacial score (nSPS) is 15.4. The Morgan fingerprint density at radius 2 is 1.90 bits per heavy atom. The molecule has 1 aliphatic carbocycles. The van der Waals surface area contributed by atoms with E-state index in [-0.39, 0.29) is 11.3 Å². The SMILES string of the molecule is CC(=O)C1=CC=CCC=C1c1ccc(C(F)(F)P)cc1. The average molecular weight is 292 g/mol. The minimum absolute atomic E-state index is 0.0387. The van der Waals surface area contributed by atoms with Gasteiger partial charge in [-0.25, -0.2) is 0 Å². The Morgan fingerprint density at radius 1 is 1.25 bits per heavy atom. The Morgan fingerprint density at radius 3 is 2.45 bits per heavy atom. The molecule has 20 heavy (non-hydrogen) atoms. The zero-order valence-corrected chi connectivity index (χ0v) is 12.2. The predicted octanol–water partition coefficient (Wildman–Crippen LogP) is 4.47. The molecule has 0 aromatic heterocycles. The maximum atomic E-state index is 13.2. The third-order valence-corrected chi connectivity index (χ3v) is 3.44. The molecule has 0 saturated heterocycles. The van der Waals surface area contributed by atoms with Crippen molar-refractivity contribution in [2.45, 2.75) is 19.0 Å². The molecule has 104 valence electrons. The zero-order valence-electron chi connectivity index (χ0n) is 11.1. The van der Waals surface area contributed by atoms with E-state index in [0.717, 1.165) is 11.1 Å². The Labute approximate surface area is 119 Å². The summed E-state index contributed by atoms with van der Waals surface area (Å²) < 4.78 is 26.3. The van der Waals surface area contributed by atoms with Gasteiger partial charge in [0.15, 0.2) is 5.78 Å². The molecule has 1 nitrogen and oxygen atoms in total. The summed E-state index contributed by atoms with van der Waals surface area (Å²) in [6.07, 6.45) is 8.20. The first kappa shape index (κ1) is 14.8. The fourth-order valence-electron chi connectivity index (χ4n) is 2.08. The molecule has 1 unspecified atom stereocenters. The van der Waals surface area contributed by atoms with Crippen LogP contribution in [-0.4, -0.2) is 5.78 Å². The fourth-order valence-corrected chi connectivity index (χ4v) is 2.27. The van der Waals surface area contributed by atoms with E-state index in [1.54, 1.807) is 18.2 Å². The van der Waals surface area contributed by atoms with Crippen LogP contribution < -0.4 is 0 Å². The van der Waals surface area contributed by atoms with Gasteiger partial charge in [0, 0.05) is 11.1 Å². The van der Waals surface area contributed by atoms with Crippen LogP contribution in [0.4, 0.5) is 8.78 Å². The molecular formula is C16H15F2OP. The van der Waals surface area contributed by atoms with Crippen molar-refractivity contribution in [3.63, 3.8) is 0 Å². The van der Waals surface area contributed by atoms with Crippen LogP contribution in [-0.2, 0) is 10.5 Å². The molecule has 0 radical (unpaired) electrons. The Hall–Kier alpha value is -1.60. The second-order valence-corrected chi connectivity index (χ2v) is 5.34.